The topological polar surface area (TPSA) is 35.6 Å². The number of hydrogen-bond acceptors (Lipinski definition) is 2. The van der Waals surface area contributed by atoms with Crippen LogP contribution in [0.1, 0.15) is 22.3 Å². The van der Waals surface area contributed by atoms with Crippen LogP contribution < -0.4 is 0 Å². The Hall–Kier alpha value is -8.34. The summed E-state index contributed by atoms with van der Waals surface area (Å²) in [5, 5.41) is 5.06. The van der Waals surface area contributed by atoms with Gasteiger partial charge in [0.25, 0.3) is 0 Å². The van der Waals surface area contributed by atoms with E-state index in [1.165, 1.54) is 88.2 Å². The van der Waals surface area contributed by atoms with Crippen molar-refractivity contribution in [2.45, 2.75) is 27.7 Å². The summed E-state index contributed by atoms with van der Waals surface area (Å²) in [5.74, 6) is 0.727. The molecule has 0 spiro atoms. The maximum Gasteiger partial charge on any atom is 0.160 e. The lowest BCUT2D eigenvalue weighted by molar-refractivity contribution is 1.16. The third kappa shape index (κ3) is 6.86. The van der Waals surface area contributed by atoms with Crippen molar-refractivity contribution in [1.29, 1.82) is 0 Å². The Kier molecular flexibility index (Phi) is 9.35. The fourth-order valence-electron chi connectivity index (χ4n) is 9.86. The van der Waals surface area contributed by atoms with E-state index in [9.17, 15) is 0 Å². The second kappa shape index (κ2) is 15.7. The van der Waals surface area contributed by atoms with Crippen molar-refractivity contribution in [2.24, 2.45) is 0 Å². The molecule has 0 N–H and O–H groups in total. The Labute approximate surface area is 384 Å². The summed E-state index contributed by atoms with van der Waals surface area (Å²) in [7, 11) is 0. The van der Waals surface area contributed by atoms with Gasteiger partial charge in [0, 0.05) is 49.6 Å². The summed E-state index contributed by atoms with van der Waals surface area (Å²) in [6.45, 7) is 8.57. The van der Waals surface area contributed by atoms with Crippen LogP contribution >= 0.6 is 0 Å². The van der Waals surface area contributed by atoms with Gasteiger partial charge < -0.3 is 9.13 Å². The van der Waals surface area contributed by atoms with E-state index in [1.807, 2.05) is 0 Å². The van der Waals surface area contributed by atoms with Crippen LogP contribution in [0.3, 0.4) is 0 Å². The van der Waals surface area contributed by atoms with Gasteiger partial charge >= 0.3 is 0 Å². The van der Waals surface area contributed by atoms with Crippen LogP contribution in [0, 0.1) is 27.7 Å². The monoisotopic (exact) mass is 846 g/mol. The Balaban J connectivity index is 0.839. The average Bonchev–Trinajstić information content (AvgIpc) is 3.85. The molecule has 0 aliphatic heterocycles. The van der Waals surface area contributed by atoms with E-state index in [2.05, 4.69) is 243 Å². The summed E-state index contributed by atoms with van der Waals surface area (Å²) in [6.07, 6.45) is 0. The van der Waals surface area contributed by atoms with Crippen LogP contribution in [-0.2, 0) is 0 Å². The maximum absolute atomic E-state index is 5.08. The van der Waals surface area contributed by atoms with Crippen LogP contribution in [0.4, 0.5) is 0 Å². The Morgan fingerprint density at radius 2 is 0.697 bits per heavy atom. The van der Waals surface area contributed by atoms with Crippen LogP contribution in [0.15, 0.2) is 206 Å². The number of benzene rings is 9. The molecule has 3 heterocycles. The van der Waals surface area contributed by atoms with E-state index in [0.29, 0.717) is 0 Å². The predicted octanol–water partition coefficient (Wildman–Crippen LogP) is 16.2. The fraction of sp³-hybridized carbons (Fsp3) is 0.0645. The molecule has 0 unspecified atom stereocenters. The van der Waals surface area contributed by atoms with Gasteiger partial charge in [0.1, 0.15) is 0 Å². The molecule has 0 amide bonds. The molecule has 314 valence electrons. The van der Waals surface area contributed by atoms with Gasteiger partial charge in [0.15, 0.2) is 5.82 Å². The lowest BCUT2D eigenvalue weighted by Crippen LogP contribution is -1.96. The highest BCUT2D eigenvalue weighted by atomic mass is 15.0. The number of hydrogen-bond donors (Lipinski definition) is 0. The van der Waals surface area contributed by atoms with Gasteiger partial charge in [0.2, 0.25) is 0 Å². The fourth-order valence-corrected chi connectivity index (χ4v) is 9.86. The number of para-hydroxylation sites is 1. The van der Waals surface area contributed by atoms with E-state index in [-0.39, 0.29) is 0 Å². The van der Waals surface area contributed by atoms with E-state index in [4.69, 9.17) is 9.97 Å². The van der Waals surface area contributed by atoms with Gasteiger partial charge in [-0.15, -0.1) is 0 Å². The highest BCUT2D eigenvalue weighted by Gasteiger charge is 2.18. The van der Waals surface area contributed by atoms with Gasteiger partial charge in [-0.2, -0.15) is 0 Å². The first-order chi connectivity index (χ1) is 32.3. The third-order valence-corrected chi connectivity index (χ3v) is 13.2. The smallest absolute Gasteiger partial charge is 0.160 e. The normalized spacial score (nSPS) is 11.6. The molecule has 0 fully saturated rings. The van der Waals surface area contributed by atoms with Crippen LogP contribution in [0.5, 0.6) is 0 Å². The van der Waals surface area contributed by atoms with Gasteiger partial charge in [-0.1, -0.05) is 150 Å². The van der Waals surface area contributed by atoms with E-state index in [1.54, 1.807) is 0 Å². The number of rotatable bonds is 7. The molecule has 0 aliphatic carbocycles. The standard InChI is InChI=1S/C62H46N4/c1-39-9-7-11-48(33-39)57-38-56(63-62(64-57)49-12-8-10-40(2)34-49)47-23-21-45(22-24-47)43-17-19-44(20-18-43)46-25-27-50(28-26-46)65-58-14-6-5-13-52(58)55-37-51(29-32-61(55)65)66-59-30-15-41(3)35-53(59)54-36-42(4)16-31-60(54)66/h5-38H,1-4H3. The van der Waals surface area contributed by atoms with Gasteiger partial charge in [0.05, 0.1) is 33.5 Å². The molecule has 0 bridgehead atoms. The Morgan fingerprint density at radius 3 is 1.29 bits per heavy atom. The molecule has 0 saturated heterocycles. The quantitative estimate of drug-likeness (QED) is 0.160. The molecular formula is C62H46N4. The van der Waals surface area contributed by atoms with Gasteiger partial charge in [-0.3, -0.25) is 0 Å². The van der Waals surface area contributed by atoms with Crippen LogP contribution in [0.25, 0.3) is 111 Å². The van der Waals surface area contributed by atoms with Crippen LogP contribution in [-0.4, -0.2) is 19.1 Å². The lowest BCUT2D eigenvalue weighted by atomic mass is 9.98. The predicted molar refractivity (Wildman–Crippen MR) is 277 cm³/mol. The first-order valence-electron chi connectivity index (χ1n) is 22.7. The van der Waals surface area contributed by atoms with E-state index in [0.717, 1.165) is 45.2 Å². The minimum atomic E-state index is 0.727. The molecule has 4 nitrogen and oxygen atoms in total. The third-order valence-electron chi connectivity index (χ3n) is 13.2. The first kappa shape index (κ1) is 39.3. The molecule has 0 atom stereocenters. The zero-order chi connectivity index (χ0) is 44.5. The zero-order valence-corrected chi connectivity index (χ0v) is 37.4. The molecular weight excluding hydrogens is 801 g/mol. The lowest BCUT2D eigenvalue weighted by Gasteiger charge is -2.12. The molecule has 0 saturated carbocycles. The number of fused-ring (bicyclic) bond motifs is 6. The average molecular weight is 847 g/mol. The van der Waals surface area contributed by atoms with Crippen molar-refractivity contribution in [2.75, 3.05) is 0 Å². The summed E-state index contributed by atoms with van der Waals surface area (Å²) in [4.78, 5) is 10.1. The SMILES string of the molecule is Cc1cccc(-c2cc(-c3ccc(-c4ccc(-c5ccc(-n6c7ccccc7c7cc(-n8c9ccc(C)cc9c9cc(C)ccc98)ccc76)cc5)cc4)cc3)nc(-c3cccc(C)c3)n2)c1. The maximum atomic E-state index is 5.08. The van der Waals surface area contributed by atoms with Gasteiger partial charge in [-0.05, 0) is 129 Å². The molecule has 12 aromatic rings. The van der Waals surface area contributed by atoms with E-state index >= 15 is 0 Å². The molecule has 0 radical (unpaired) electrons. The van der Waals surface area contributed by atoms with Crippen molar-refractivity contribution in [3.05, 3.63) is 229 Å². The largest absolute Gasteiger partial charge is 0.309 e. The molecule has 9 aromatic carbocycles. The minimum absolute atomic E-state index is 0.727. The van der Waals surface area contributed by atoms with Crippen LogP contribution in [0.2, 0.25) is 0 Å². The van der Waals surface area contributed by atoms with Gasteiger partial charge in [-0.25, -0.2) is 9.97 Å². The second-order valence-corrected chi connectivity index (χ2v) is 17.8. The second-order valence-electron chi connectivity index (χ2n) is 17.8. The number of aryl methyl sites for hydroxylation is 4. The Bertz CT molecular complexity index is 3710. The highest BCUT2D eigenvalue weighted by Crippen LogP contribution is 2.38. The summed E-state index contributed by atoms with van der Waals surface area (Å²) >= 11 is 0. The molecule has 12 rings (SSSR count). The zero-order valence-electron chi connectivity index (χ0n) is 37.4. The van der Waals surface area contributed by atoms with E-state index < -0.39 is 0 Å². The van der Waals surface area contributed by atoms with Crippen molar-refractivity contribution in [1.82, 2.24) is 19.1 Å². The summed E-state index contributed by atoms with van der Waals surface area (Å²) in [5.41, 5.74) is 21.7. The Morgan fingerprint density at radius 1 is 0.273 bits per heavy atom. The highest BCUT2D eigenvalue weighted by molar-refractivity contribution is 6.12. The van der Waals surface area contributed by atoms with Crippen molar-refractivity contribution >= 4 is 43.6 Å². The van der Waals surface area contributed by atoms with Crippen molar-refractivity contribution in [3.8, 4) is 67.5 Å². The number of nitrogens with zero attached hydrogens (tertiary/aromatic N) is 4. The molecule has 3 aromatic heterocycles. The first-order valence-corrected chi connectivity index (χ1v) is 22.7. The minimum Gasteiger partial charge on any atom is -0.309 e. The van der Waals surface area contributed by atoms with Crippen molar-refractivity contribution in [3.63, 3.8) is 0 Å². The summed E-state index contributed by atoms with van der Waals surface area (Å²) in [6, 6.07) is 75.0. The molecule has 0 aliphatic rings. The number of aromatic nitrogens is 4. The van der Waals surface area contributed by atoms with Crippen molar-refractivity contribution < 1.29 is 0 Å². The molecule has 66 heavy (non-hydrogen) atoms. The molecule has 4 heteroatoms. The summed E-state index contributed by atoms with van der Waals surface area (Å²) < 4.78 is 4.83.